The minimum absolute atomic E-state index is 0.0465. The summed E-state index contributed by atoms with van der Waals surface area (Å²) in [6.07, 6.45) is 8.50. The average Bonchev–Trinajstić information content (AvgIpc) is 3.40. The molecule has 2 amide bonds. The molecule has 2 atom stereocenters. The summed E-state index contributed by atoms with van der Waals surface area (Å²) in [5.74, 6) is 3.51. The Morgan fingerprint density at radius 3 is 2.55 bits per heavy atom. The lowest BCUT2D eigenvalue weighted by Crippen LogP contribution is -2.55. The van der Waals surface area contributed by atoms with Crippen molar-refractivity contribution < 1.29 is 9.59 Å². The van der Waals surface area contributed by atoms with Gasteiger partial charge in [0.25, 0.3) is 0 Å². The van der Waals surface area contributed by atoms with Crippen molar-refractivity contribution in [2.75, 3.05) is 42.2 Å². The Labute approximate surface area is 206 Å². The van der Waals surface area contributed by atoms with Crippen LogP contribution in [0, 0.1) is 5.92 Å². The number of likely N-dealkylation sites (tertiary alicyclic amines) is 1. The van der Waals surface area contributed by atoms with Gasteiger partial charge in [-0.3, -0.25) is 14.9 Å². The number of carbonyl (C=O) groups is 2. The van der Waals surface area contributed by atoms with Gasteiger partial charge in [0.1, 0.15) is 11.4 Å². The van der Waals surface area contributed by atoms with Gasteiger partial charge < -0.3 is 15.5 Å². The van der Waals surface area contributed by atoms with Gasteiger partial charge in [-0.15, -0.1) is 11.8 Å². The number of anilines is 1. The van der Waals surface area contributed by atoms with E-state index in [0.717, 1.165) is 55.6 Å². The fraction of sp³-hybridized carbons (Fsp3) is 0.680. The number of para-hydroxylation sites is 1. The van der Waals surface area contributed by atoms with Crippen LogP contribution in [0.25, 0.3) is 0 Å². The summed E-state index contributed by atoms with van der Waals surface area (Å²) in [7, 11) is 0. The number of carbonyl (C=O) groups excluding carboxylic acids is 2. The van der Waals surface area contributed by atoms with Crippen LogP contribution in [0.2, 0.25) is 0 Å². The van der Waals surface area contributed by atoms with Crippen molar-refractivity contribution in [1.82, 2.24) is 15.5 Å². The molecule has 1 saturated carbocycles. The van der Waals surface area contributed by atoms with Crippen molar-refractivity contribution in [2.45, 2.75) is 62.4 Å². The van der Waals surface area contributed by atoms with Gasteiger partial charge in [0.15, 0.2) is 0 Å². The van der Waals surface area contributed by atoms with E-state index in [1.807, 2.05) is 34.9 Å². The first-order valence-electron chi connectivity index (χ1n) is 12.5. The highest BCUT2D eigenvalue weighted by Gasteiger charge is 2.32. The van der Waals surface area contributed by atoms with Crippen molar-refractivity contribution in [3.05, 3.63) is 30.3 Å². The van der Waals surface area contributed by atoms with Gasteiger partial charge in [0.05, 0.1) is 0 Å². The van der Waals surface area contributed by atoms with E-state index in [9.17, 15) is 9.59 Å². The lowest BCUT2D eigenvalue weighted by Gasteiger charge is -2.35. The summed E-state index contributed by atoms with van der Waals surface area (Å²) in [5, 5.41) is 9.68. The zero-order valence-electron chi connectivity index (χ0n) is 19.5. The van der Waals surface area contributed by atoms with Crippen LogP contribution in [0.4, 0.5) is 5.69 Å². The Kier molecular flexibility index (Phi) is 9.68. The highest BCUT2D eigenvalue weighted by Crippen LogP contribution is 2.27. The normalized spacial score (nSPS) is 23.3. The number of benzene rings is 1. The van der Waals surface area contributed by atoms with Gasteiger partial charge >= 0.3 is 0 Å². The molecule has 1 aromatic carbocycles. The molecule has 33 heavy (non-hydrogen) atoms. The zero-order valence-corrected chi connectivity index (χ0v) is 21.1. The molecule has 3 N–H and O–H groups in total. The fourth-order valence-corrected chi connectivity index (χ4v) is 7.15. The molecule has 2 saturated heterocycles. The van der Waals surface area contributed by atoms with E-state index in [1.165, 1.54) is 32.1 Å². The molecule has 1 aromatic rings. The maximum absolute atomic E-state index is 13.4. The van der Waals surface area contributed by atoms with Crippen molar-refractivity contribution >= 4 is 41.0 Å². The lowest BCUT2D eigenvalue weighted by atomic mass is 9.91. The number of amides is 2. The molecule has 0 aromatic heterocycles. The Morgan fingerprint density at radius 2 is 1.85 bits per heavy atom. The number of nitrogens with one attached hydrogen (secondary N) is 3. The predicted octanol–water partition coefficient (Wildman–Crippen LogP) is 3.55. The second-order valence-corrected chi connectivity index (χ2v) is 11.7. The Morgan fingerprint density at radius 1 is 1.09 bits per heavy atom. The standard InChI is InChI=1S/C25H38N4O2S2/c30-23(24-26-13-16-33-24)28-22(18-32-17-19-7-3-1-4-8-19)25(31)29-14-11-21(12-15-29)27-20-9-5-2-6-10-20/h2,5-6,9-10,19,21-22,24,26-27H,1,3-4,7-8,11-18H2,(H,28,30)/t22-,24?/m0/s1. The van der Waals surface area contributed by atoms with Crippen molar-refractivity contribution in [3.8, 4) is 0 Å². The number of hydrogen-bond donors (Lipinski definition) is 3. The first kappa shape index (κ1) is 24.7. The van der Waals surface area contributed by atoms with Gasteiger partial charge in [0.2, 0.25) is 11.8 Å². The quantitative estimate of drug-likeness (QED) is 0.492. The molecule has 2 aliphatic heterocycles. The van der Waals surface area contributed by atoms with Crippen LogP contribution in [0.5, 0.6) is 0 Å². The van der Waals surface area contributed by atoms with Gasteiger partial charge in [-0.05, 0) is 49.5 Å². The largest absolute Gasteiger partial charge is 0.382 e. The van der Waals surface area contributed by atoms with Crippen LogP contribution in [0.15, 0.2) is 30.3 Å². The molecule has 0 spiro atoms. The molecule has 182 valence electrons. The monoisotopic (exact) mass is 490 g/mol. The summed E-state index contributed by atoms with van der Waals surface area (Å²) in [4.78, 5) is 28.2. The lowest BCUT2D eigenvalue weighted by molar-refractivity contribution is -0.136. The molecule has 3 aliphatic rings. The first-order valence-corrected chi connectivity index (χ1v) is 14.7. The molecule has 4 rings (SSSR count). The fourth-order valence-electron chi connectivity index (χ4n) is 4.96. The molecule has 8 heteroatoms. The van der Waals surface area contributed by atoms with E-state index in [2.05, 4.69) is 28.1 Å². The molecule has 1 unspecified atom stereocenters. The van der Waals surface area contributed by atoms with E-state index in [-0.39, 0.29) is 17.2 Å². The van der Waals surface area contributed by atoms with E-state index >= 15 is 0 Å². The van der Waals surface area contributed by atoms with Gasteiger partial charge in [-0.2, -0.15) is 11.8 Å². The second kappa shape index (κ2) is 12.9. The van der Waals surface area contributed by atoms with Gasteiger partial charge in [-0.1, -0.05) is 37.5 Å². The van der Waals surface area contributed by atoms with E-state index < -0.39 is 6.04 Å². The van der Waals surface area contributed by atoms with Crippen LogP contribution in [-0.4, -0.2) is 71.1 Å². The second-order valence-electron chi connectivity index (χ2n) is 9.42. The first-order chi connectivity index (χ1) is 16.2. The van der Waals surface area contributed by atoms with Crippen LogP contribution in [0.1, 0.15) is 44.9 Å². The van der Waals surface area contributed by atoms with Crippen molar-refractivity contribution in [1.29, 1.82) is 0 Å². The third-order valence-electron chi connectivity index (χ3n) is 6.88. The highest BCUT2D eigenvalue weighted by molar-refractivity contribution is 8.00. The Hall–Kier alpha value is -1.38. The predicted molar refractivity (Wildman–Crippen MR) is 140 cm³/mol. The van der Waals surface area contributed by atoms with Crippen LogP contribution in [0.3, 0.4) is 0 Å². The van der Waals surface area contributed by atoms with Gasteiger partial charge in [0, 0.05) is 42.9 Å². The van der Waals surface area contributed by atoms with Crippen molar-refractivity contribution in [3.63, 3.8) is 0 Å². The zero-order chi connectivity index (χ0) is 22.9. The van der Waals surface area contributed by atoms with Crippen LogP contribution >= 0.6 is 23.5 Å². The average molecular weight is 491 g/mol. The molecular formula is C25H38N4O2S2. The maximum Gasteiger partial charge on any atom is 0.248 e. The van der Waals surface area contributed by atoms with E-state index in [0.29, 0.717) is 11.8 Å². The minimum Gasteiger partial charge on any atom is -0.382 e. The number of rotatable bonds is 9. The molecule has 1 aliphatic carbocycles. The number of hydrogen-bond acceptors (Lipinski definition) is 6. The summed E-state index contributed by atoms with van der Waals surface area (Å²) in [6, 6.07) is 10.2. The van der Waals surface area contributed by atoms with Crippen LogP contribution < -0.4 is 16.0 Å². The molecular weight excluding hydrogens is 452 g/mol. The topological polar surface area (TPSA) is 73.5 Å². The molecule has 2 heterocycles. The minimum atomic E-state index is -0.437. The third kappa shape index (κ3) is 7.55. The molecule has 6 nitrogen and oxygen atoms in total. The number of nitrogens with zero attached hydrogens (tertiary/aromatic N) is 1. The van der Waals surface area contributed by atoms with E-state index in [1.54, 1.807) is 11.8 Å². The smallest absolute Gasteiger partial charge is 0.248 e. The van der Waals surface area contributed by atoms with Gasteiger partial charge in [-0.25, -0.2) is 0 Å². The summed E-state index contributed by atoms with van der Waals surface area (Å²) < 4.78 is 0. The summed E-state index contributed by atoms with van der Waals surface area (Å²) in [6.45, 7) is 2.32. The maximum atomic E-state index is 13.4. The molecule has 0 bridgehead atoms. The summed E-state index contributed by atoms with van der Waals surface area (Å²) >= 11 is 3.47. The highest BCUT2D eigenvalue weighted by atomic mass is 32.2. The molecule has 0 radical (unpaired) electrons. The third-order valence-corrected chi connectivity index (χ3v) is 9.31. The van der Waals surface area contributed by atoms with Crippen molar-refractivity contribution in [2.24, 2.45) is 5.92 Å². The molecule has 3 fully saturated rings. The van der Waals surface area contributed by atoms with E-state index in [4.69, 9.17) is 0 Å². The number of piperidine rings is 1. The Bertz CT molecular complexity index is 746. The number of thioether (sulfide) groups is 2. The van der Waals surface area contributed by atoms with Crippen LogP contribution in [-0.2, 0) is 9.59 Å². The Balaban J connectivity index is 1.29. The SMILES string of the molecule is O=C(N[C@@H](CSCC1CCCCC1)C(=O)N1CCC(Nc2ccccc2)CC1)C1NCCS1. The summed E-state index contributed by atoms with van der Waals surface area (Å²) in [5.41, 5.74) is 1.13.